The molecule has 2 amide bonds. The minimum absolute atomic E-state index is 0.136. The molecule has 1 aliphatic heterocycles. The highest BCUT2D eigenvalue weighted by molar-refractivity contribution is 5.94. The molecule has 0 bridgehead atoms. The van der Waals surface area contributed by atoms with Gasteiger partial charge in [-0.15, -0.1) is 0 Å². The van der Waals surface area contributed by atoms with Gasteiger partial charge < -0.3 is 19.4 Å². The zero-order chi connectivity index (χ0) is 24.2. The molecule has 0 unspecified atom stereocenters. The summed E-state index contributed by atoms with van der Waals surface area (Å²) in [5, 5.41) is 3.20. The first-order valence-corrected chi connectivity index (χ1v) is 10.9. The van der Waals surface area contributed by atoms with E-state index in [1.165, 1.54) is 43.3 Å². The number of carbonyl (C=O) groups excluding carboxylic acids is 3. The molecule has 1 N–H and O–H groups in total. The lowest BCUT2D eigenvalue weighted by molar-refractivity contribution is -0.151. The summed E-state index contributed by atoms with van der Waals surface area (Å²) in [5.41, 5.74) is 0.969. The summed E-state index contributed by atoms with van der Waals surface area (Å²) in [6.45, 7) is 1.94. The number of carbonyl (C=O) groups is 3. The summed E-state index contributed by atoms with van der Waals surface area (Å²) in [6.07, 6.45) is 1.21. The number of nitrogens with zero attached hydrogens (tertiary/aromatic N) is 1. The number of benzene rings is 2. The van der Waals surface area contributed by atoms with E-state index in [9.17, 15) is 23.6 Å². The van der Waals surface area contributed by atoms with Crippen LogP contribution in [0.25, 0.3) is 11.0 Å². The predicted molar refractivity (Wildman–Crippen MR) is 122 cm³/mol. The van der Waals surface area contributed by atoms with Crippen molar-refractivity contribution in [3.8, 4) is 0 Å². The monoisotopic (exact) mass is 466 g/mol. The second kappa shape index (κ2) is 9.86. The van der Waals surface area contributed by atoms with Gasteiger partial charge in [0.05, 0.1) is 5.92 Å². The molecule has 2 aromatic carbocycles. The molecule has 1 saturated heterocycles. The Bertz CT molecular complexity index is 1300. The molecule has 0 saturated carbocycles. The highest BCUT2D eigenvalue weighted by atomic mass is 19.1. The third-order valence-electron chi connectivity index (χ3n) is 5.65. The van der Waals surface area contributed by atoms with E-state index in [-0.39, 0.29) is 30.5 Å². The van der Waals surface area contributed by atoms with E-state index in [1.54, 1.807) is 17.0 Å². The fourth-order valence-corrected chi connectivity index (χ4v) is 4.03. The van der Waals surface area contributed by atoms with E-state index in [0.29, 0.717) is 41.6 Å². The summed E-state index contributed by atoms with van der Waals surface area (Å²) in [7, 11) is 0. The van der Waals surface area contributed by atoms with Crippen LogP contribution in [-0.2, 0) is 20.9 Å². The summed E-state index contributed by atoms with van der Waals surface area (Å²) in [5.74, 6) is -1.92. The Balaban J connectivity index is 1.43. The first-order valence-electron chi connectivity index (χ1n) is 10.9. The van der Waals surface area contributed by atoms with Gasteiger partial charge in [-0.1, -0.05) is 0 Å². The number of esters is 1. The molecule has 8 nitrogen and oxygen atoms in total. The Morgan fingerprint density at radius 2 is 1.91 bits per heavy atom. The van der Waals surface area contributed by atoms with E-state index in [1.807, 2.05) is 0 Å². The molecule has 1 aliphatic rings. The molecule has 1 aromatic heterocycles. The number of rotatable bonds is 5. The SMILES string of the molecule is CC(=O)Nc1ccc2c(COC(=O)[C@@H]3CCCN(C(=O)c4ccc(F)cc4)C3)cc(=O)oc2c1. The molecule has 0 radical (unpaired) electrons. The number of fused-ring (bicyclic) bond motifs is 1. The van der Waals surface area contributed by atoms with Crippen LogP contribution in [0.3, 0.4) is 0 Å². The first kappa shape index (κ1) is 23.2. The van der Waals surface area contributed by atoms with E-state index < -0.39 is 23.3 Å². The van der Waals surface area contributed by atoms with E-state index >= 15 is 0 Å². The topological polar surface area (TPSA) is 106 Å². The van der Waals surface area contributed by atoms with Gasteiger partial charge in [-0.2, -0.15) is 0 Å². The van der Waals surface area contributed by atoms with Crippen molar-refractivity contribution in [3.05, 3.63) is 75.9 Å². The summed E-state index contributed by atoms with van der Waals surface area (Å²) in [6, 6.07) is 11.4. The van der Waals surface area contributed by atoms with Crippen LogP contribution in [0.5, 0.6) is 0 Å². The van der Waals surface area contributed by atoms with Gasteiger partial charge in [-0.25, -0.2) is 9.18 Å². The molecule has 0 spiro atoms. The summed E-state index contributed by atoms with van der Waals surface area (Å²) < 4.78 is 23.9. The number of halogens is 1. The van der Waals surface area contributed by atoms with Crippen molar-refractivity contribution in [2.45, 2.75) is 26.4 Å². The van der Waals surface area contributed by atoms with Gasteiger partial charge in [0.1, 0.15) is 18.0 Å². The molecule has 1 atom stereocenters. The third kappa shape index (κ3) is 5.31. The van der Waals surface area contributed by atoms with Gasteiger partial charge in [-0.05, 0) is 49.2 Å². The van der Waals surface area contributed by atoms with Crippen molar-refractivity contribution >= 4 is 34.4 Å². The van der Waals surface area contributed by atoms with Crippen LogP contribution in [0, 0.1) is 11.7 Å². The fraction of sp³-hybridized carbons (Fsp3) is 0.280. The molecule has 176 valence electrons. The highest BCUT2D eigenvalue weighted by Gasteiger charge is 2.30. The lowest BCUT2D eigenvalue weighted by atomic mass is 9.97. The van der Waals surface area contributed by atoms with Crippen LogP contribution >= 0.6 is 0 Å². The number of likely N-dealkylation sites (tertiary alicyclic amines) is 1. The number of ether oxygens (including phenoxy) is 1. The molecule has 9 heteroatoms. The van der Waals surface area contributed by atoms with Crippen LogP contribution in [0.4, 0.5) is 10.1 Å². The Kier molecular flexibility index (Phi) is 6.72. The molecule has 0 aliphatic carbocycles. The van der Waals surface area contributed by atoms with Crippen molar-refractivity contribution in [2.24, 2.45) is 5.92 Å². The Labute approximate surface area is 194 Å². The second-order valence-corrected chi connectivity index (χ2v) is 8.19. The van der Waals surface area contributed by atoms with Crippen molar-refractivity contribution in [1.29, 1.82) is 0 Å². The van der Waals surface area contributed by atoms with Crippen molar-refractivity contribution < 1.29 is 27.9 Å². The number of amides is 2. The first-order chi connectivity index (χ1) is 16.3. The van der Waals surface area contributed by atoms with Gasteiger partial charge in [0.2, 0.25) is 5.91 Å². The molecule has 3 aromatic rings. The van der Waals surface area contributed by atoms with E-state index in [0.717, 1.165) is 0 Å². The number of nitrogens with one attached hydrogen (secondary N) is 1. The van der Waals surface area contributed by atoms with Gasteiger partial charge in [0.15, 0.2) is 0 Å². The van der Waals surface area contributed by atoms with Crippen LogP contribution in [-0.4, -0.2) is 35.8 Å². The molecular formula is C25H23FN2O6. The third-order valence-corrected chi connectivity index (χ3v) is 5.65. The van der Waals surface area contributed by atoms with Crippen molar-refractivity contribution in [3.63, 3.8) is 0 Å². The smallest absolute Gasteiger partial charge is 0.336 e. The van der Waals surface area contributed by atoms with E-state index in [4.69, 9.17) is 9.15 Å². The largest absolute Gasteiger partial charge is 0.461 e. The molecule has 34 heavy (non-hydrogen) atoms. The average molecular weight is 466 g/mol. The van der Waals surface area contributed by atoms with Gasteiger partial charge >= 0.3 is 11.6 Å². The summed E-state index contributed by atoms with van der Waals surface area (Å²) >= 11 is 0. The van der Waals surface area contributed by atoms with Crippen LogP contribution in [0.2, 0.25) is 0 Å². The molecular weight excluding hydrogens is 443 g/mol. The van der Waals surface area contributed by atoms with Crippen molar-refractivity contribution in [2.75, 3.05) is 18.4 Å². The van der Waals surface area contributed by atoms with Gasteiger partial charge in [-0.3, -0.25) is 14.4 Å². The lowest BCUT2D eigenvalue weighted by Gasteiger charge is -2.31. The second-order valence-electron chi connectivity index (χ2n) is 8.19. The number of piperidine rings is 1. The van der Waals surface area contributed by atoms with Crippen LogP contribution in [0.15, 0.2) is 57.7 Å². The number of hydrogen-bond acceptors (Lipinski definition) is 6. The number of hydrogen-bond donors (Lipinski definition) is 1. The molecule has 1 fully saturated rings. The maximum atomic E-state index is 13.1. The molecule has 4 rings (SSSR count). The van der Waals surface area contributed by atoms with Crippen LogP contribution in [0.1, 0.15) is 35.7 Å². The fourth-order valence-electron chi connectivity index (χ4n) is 4.03. The minimum Gasteiger partial charge on any atom is -0.461 e. The Morgan fingerprint density at radius 1 is 1.15 bits per heavy atom. The standard InChI is InChI=1S/C25H23FN2O6/c1-15(29)27-20-8-9-21-18(11-23(30)34-22(21)12-20)14-33-25(32)17-3-2-10-28(13-17)24(31)16-4-6-19(26)7-5-16/h4-9,11-12,17H,2-3,10,13-14H2,1H3,(H,27,29)/t17-/m1/s1. The molecule has 2 heterocycles. The zero-order valence-corrected chi connectivity index (χ0v) is 18.5. The van der Waals surface area contributed by atoms with Crippen molar-refractivity contribution in [1.82, 2.24) is 4.90 Å². The quantitative estimate of drug-likeness (QED) is 0.456. The summed E-state index contributed by atoms with van der Waals surface area (Å²) in [4.78, 5) is 50.3. The maximum absolute atomic E-state index is 13.1. The van der Waals surface area contributed by atoms with Gasteiger partial charge in [0, 0.05) is 54.3 Å². The maximum Gasteiger partial charge on any atom is 0.336 e. The van der Waals surface area contributed by atoms with Crippen LogP contribution < -0.4 is 10.9 Å². The van der Waals surface area contributed by atoms with E-state index in [2.05, 4.69) is 5.32 Å². The minimum atomic E-state index is -0.604. The van der Waals surface area contributed by atoms with Gasteiger partial charge in [0.25, 0.3) is 5.91 Å². The average Bonchev–Trinajstić information content (AvgIpc) is 2.81. The zero-order valence-electron chi connectivity index (χ0n) is 18.5. The lowest BCUT2D eigenvalue weighted by Crippen LogP contribution is -2.42. The predicted octanol–water partition coefficient (Wildman–Crippen LogP) is 3.49. The normalized spacial score (nSPS) is 15.7. The Hall–Kier alpha value is -4.01. The number of anilines is 1. The highest BCUT2D eigenvalue weighted by Crippen LogP contribution is 2.24. The Morgan fingerprint density at radius 3 is 2.65 bits per heavy atom.